The highest BCUT2D eigenvalue weighted by Crippen LogP contribution is 2.28. The summed E-state index contributed by atoms with van der Waals surface area (Å²) >= 11 is 9.29. The molecule has 0 amide bonds. The molecule has 0 saturated carbocycles. The summed E-state index contributed by atoms with van der Waals surface area (Å²) in [4.78, 5) is 11.4. The maximum absolute atomic E-state index is 11.4. The van der Waals surface area contributed by atoms with Crippen LogP contribution in [0.15, 0.2) is 63.0 Å². The number of nitrogens with one attached hydrogen (secondary N) is 2. The minimum atomic E-state index is -0.490. The number of halogens is 2. The smallest absolute Gasteiger partial charge is 0.285 e. The molecule has 0 bridgehead atoms. The summed E-state index contributed by atoms with van der Waals surface area (Å²) in [5, 5.41) is 9.95. The minimum Gasteiger partial charge on any atom is -0.493 e. The fourth-order valence-electron chi connectivity index (χ4n) is 2.26. The molecule has 0 radical (unpaired) electrons. The summed E-state index contributed by atoms with van der Waals surface area (Å²) in [6, 6.07) is 13.3. The van der Waals surface area contributed by atoms with E-state index in [1.165, 1.54) is 6.20 Å². The van der Waals surface area contributed by atoms with Gasteiger partial charge < -0.3 is 9.47 Å². The van der Waals surface area contributed by atoms with Crippen LogP contribution in [0.3, 0.4) is 0 Å². The van der Waals surface area contributed by atoms with Crippen molar-refractivity contribution in [3.05, 3.63) is 79.6 Å². The topological polar surface area (TPSA) is 88.6 Å². The highest BCUT2D eigenvalue weighted by molar-refractivity contribution is 9.10. The fourth-order valence-corrected chi connectivity index (χ4v) is 2.66. The zero-order valence-corrected chi connectivity index (χ0v) is 17.1. The van der Waals surface area contributed by atoms with Crippen molar-refractivity contribution in [2.45, 2.75) is 6.61 Å². The van der Waals surface area contributed by atoms with Crippen molar-refractivity contribution >= 4 is 39.4 Å². The third-order valence-corrected chi connectivity index (χ3v) is 4.59. The van der Waals surface area contributed by atoms with Gasteiger partial charge in [-0.1, -0.05) is 39.7 Å². The van der Waals surface area contributed by atoms with Crippen LogP contribution in [0.4, 0.5) is 5.69 Å². The van der Waals surface area contributed by atoms with Crippen LogP contribution in [-0.4, -0.2) is 23.5 Å². The number of anilines is 1. The summed E-state index contributed by atoms with van der Waals surface area (Å²) < 4.78 is 12.3. The van der Waals surface area contributed by atoms with Crippen molar-refractivity contribution in [3.63, 3.8) is 0 Å². The molecule has 3 rings (SSSR count). The Morgan fingerprint density at radius 1 is 1.25 bits per heavy atom. The van der Waals surface area contributed by atoms with Crippen molar-refractivity contribution < 1.29 is 9.47 Å². The van der Waals surface area contributed by atoms with E-state index in [4.69, 9.17) is 21.1 Å². The van der Waals surface area contributed by atoms with Crippen LogP contribution < -0.4 is 20.5 Å². The van der Waals surface area contributed by atoms with Crippen LogP contribution in [-0.2, 0) is 6.61 Å². The Kier molecular flexibility index (Phi) is 6.67. The van der Waals surface area contributed by atoms with E-state index >= 15 is 0 Å². The van der Waals surface area contributed by atoms with Gasteiger partial charge in [-0.15, -0.1) is 0 Å². The summed E-state index contributed by atoms with van der Waals surface area (Å²) in [5.74, 6) is 1.20. The highest BCUT2D eigenvalue weighted by Gasteiger charge is 2.06. The average Bonchev–Trinajstić information content (AvgIpc) is 2.71. The zero-order chi connectivity index (χ0) is 19.9. The lowest BCUT2D eigenvalue weighted by Gasteiger charge is -2.11. The maximum Gasteiger partial charge on any atom is 0.285 e. The molecule has 0 unspecified atom stereocenters. The van der Waals surface area contributed by atoms with Gasteiger partial charge >= 0.3 is 0 Å². The molecule has 1 heterocycles. The summed E-state index contributed by atoms with van der Waals surface area (Å²) in [5.41, 5.74) is 4.32. The molecule has 0 atom stereocenters. The molecule has 144 valence electrons. The maximum atomic E-state index is 11.4. The first-order valence-electron chi connectivity index (χ1n) is 8.14. The Hall–Kier alpha value is -2.84. The lowest BCUT2D eigenvalue weighted by molar-refractivity contribution is 0.284. The number of ether oxygens (including phenoxy) is 2. The van der Waals surface area contributed by atoms with E-state index in [9.17, 15) is 4.79 Å². The van der Waals surface area contributed by atoms with Crippen molar-refractivity contribution in [2.75, 3.05) is 12.5 Å². The number of aromatic nitrogens is 2. The van der Waals surface area contributed by atoms with Crippen molar-refractivity contribution in [2.24, 2.45) is 5.10 Å². The molecular weight excluding hydrogens is 448 g/mol. The average molecular weight is 464 g/mol. The number of nitrogens with zero attached hydrogens (tertiary/aromatic N) is 2. The molecule has 2 aromatic carbocycles. The normalized spacial score (nSPS) is 10.8. The van der Waals surface area contributed by atoms with Crippen molar-refractivity contribution in [1.29, 1.82) is 0 Å². The fraction of sp³-hybridized carbons (Fsp3) is 0.105. The van der Waals surface area contributed by atoms with Crippen LogP contribution in [0, 0.1) is 0 Å². The first-order chi connectivity index (χ1) is 13.6. The number of aromatic amines is 1. The number of H-pyrrole nitrogens is 1. The molecule has 0 fully saturated rings. The predicted molar refractivity (Wildman–Crippen MR) is 113 cm³/mol. The Bertz CT molecular complexity index is 1040. The van der Waals surface area contributed by atoms with Crippen LogP contribution in [0.25, 0.3) is 0 Å². The molecule has 0 aliphatic carbocycles. The summed E-state index contributed by atoms with van der Waals surface area (Å²) in [6.07, 6.45) is 2.94. The van der Waals surface area contributed by atoms with Gasteiger partial charge in [0.05, 0.1) is 19.5 Å². The monoisotopic (exact) mass is 462 g/mol. The van der Waals surface area contributed by atoms with E-state index in [-0.39, 0.29) is 5.02 Å². The van der Waals surface area contributed by atoms with Gasteiger partial charge in [0.2, 0.25) is 0 Å². The minimum absolute atomic E-state index is 0.0126. The Balaban J connectivity index is 1.67. The van der Waals surface area contributed by atoms with E-state index < -0.39 is 5.56 Å². The van der Waals surface area contributed by atoms with E-state index in [2.05, 4.69) is 36.7 Å². The summed E-state index contributed by atoms with van der Waals surface area (Å²) in [7, 11) is 1.57. The number of hydrogen-bond acceptors (Lipinski definition) is 6. The molecule has 7 nitrogen and oxygen atoms in total. The molecule has 3 aromatic rings. The molecule has 0 saturated heterocycles. The first-order valence-corrected chi connectivity index (χ1v) is 9.31. The van der Waals surface area contributed by atoms with Gasteiger partial charge in [-0.3, -0.25) is 10.2 Å². The molecule has 2 N–H and O–H groups in total. The second-order valence-corrected chi connectivity index (χ2v) is 6.92. The lowest BCUT2D eigenvalue weighted by atomic mass is 10.2. The highest BCUT2D eigenvalue weighted by atomic mass is 79.9. The summed E-state index contributed by atoms with van der Waals surface area (Å²) in [6.45, 7) is 0.423. The lowest BCUT2D eigenvalue weighted by Crippen LogP contribution is -2.10. The Labute approximate surface area is 174 Å². The second kappa shape index (κ2) is 9.38. The number of benzene rings is 2. The quantitative estimate of drug-likeness (QED) is 0.404. The predicted octanol–water partition coefficient (Wildman–Crippen LogP) is 4.22. The van der Waals surface area contributed by atoms with E-state index in [1.807, 2.05) is 30.3 Å². The van der Waals surface area contributed by atoms with Gasteiger partial charge in [0.25, 0.3) is 5.56 Å². The van der Waals surface area contributed by atoms with Crippen LogP contribution in [0.2, 0.25) is 5.02 Å². The van der Waals surface area contributed by atoms with Crippen LogP contribution >= 0.6 is 27.5 Å². The SMILES string of the molecule is COc1cc(C=NNc2cn[nH]c(=O)c2Cl)ccc1OCc1ccc(Br)cc1. The van der Waals surface area contributed by atoms with E-state index in [1.54, 1.807) is 25.5 Å². The van der Waals surface area contributed by atoms with Gasteiger partial charge in [0.1, 0.15) is 17.3 Å². The van der Waals surface area contributed by atoms with Gasteiger partial charge in [0, 0.05) is 4.47 Å². The number of rotatable bonds is 7. The largest absolute Gasteiger partial charge is 0.493 e. The number of hydrazone groups is 1. The molecule has 0 aliphatic rings. The number of hydrogen-bond donors (Lipinski definition) is 2. The zero-order valence-electron chi connectivity index (χ0n) is 14.8. The molecule has 0 aliphatic heterocycles. The van der Waals surface area contributed by atoms with Crippen LogP contribution in [0.5, 0.6) is 11.5 Å². The third kappa shape index (κ3) is 5.11. The molecule has 28 heavy (non-hydrogen) atoms. The van der Waals surface area contributed by atoms with Gasteiger partial charge in [-0.2, -0.15) is 10.2 Å². The van der Waals surface area contributed by atoms with Gasteiger partial charge in [-0.05, 0) is 41.5 Å². The molecule has 1 aromatic heterocycles. The number of methoxy groups -OCH3 is 1. The van der Waals surface area contributed by atoms with Crippen molar-refractivity contribution in [3.8, 4) is 11.5 Å². The Morgan fingerprint density at radius 2 is 2.04 bits per heavy atom. The van der Waals surface area contributed by atoms with Crippen LogP contribution in [0.1, 0.15) is 11.1 Å². The van der Waals surface area contributed by atoms with E-state index in [0.717, 1.165) is 15.6 Å². The standard InChI is InChI=1S/C19H16BrClN4O3/c1-27-17-8-13(9-22-24-15-10-23-25-19(26)18(15)21)4-7-16(17)28-11-12-2-5-14(20)6-3-12/h2-10H,11H2,1H3,(H2,24,25,26). The van der Waals surface area contributed by atoms with Gasteiger partial charge in [0.15, 0.2) is 11.5 Å². The molecule has 9 heteroatoms. The van der Waals surface area contributed by atoms with Crippen molar-refractivity contribution in [1.82, 2.24) is 10.2 Å². The molecular formula is C19H16BrClN4O3. The second-order valence-electron chi connectivity index (χ2n) is 5.62. The van der Waals surface area contributed by atoms with E-state index in [0.29, 0.717) is 23.8 Å². The third-order valence-electron chi connectivity index (χ3n) is 3.69. The molecule has 0 spiro atoms. The van der Waals surface area contributed by atoms with Gasteiger partial charge in [-0.25, -0.2) is 5.10 Å². The Morgan fingerprint density at radius 3 is 2.79 bits per heavy atom. The first kappa shape index (κ1) is 19.9.